The smallest absolute Gasteiger partial charge is 0.284 e. The van der Waals surface area contributed by atoms with Crippen molar-refractivity contribution < 1.29 is 36.6 Å². The van der Waals surface area contributed by atoms with Crippen LogP contribution in [-0.4, -0.2) is 86.6 Å². The molecule has 0 fully saturated rings. The molecule has 296 valence electrons. The third-order valence-electron chi connectivity index (χ3n) is 9.70. The van der Waals surface area contributed by atoms with E-state index in [0.717, 1.165) is 32.8 Å². The first-order valence-electron chi connectivity index (χ1n) is 18.5. The van der Waals surface area contributed by atoms with Crippen molar-refractivity contribution in [3.8, 4) is 44.5 Å². The van der Waals surface area contributed by atoms with Crippen molar-refractivity contribution >= 4 is 125 Å². The van der Waals surface area contributed by atoms with Crippen molar-refractivity contribution in [1.29, 1.82) is 0 Å². The molecule has 0 saturated carbocycles. The molecule has 0 unspecified atom stereocenters. The van der Waals surface area contributed by atoms with Gasteiger partial charge in [-0.15, -0.1) is 9.11 Å². The first-order valence-corrected chi connectivity index (χ1v) is 20.5. The van der Waals surface area contributed by atoms with E-state index >= 15 is 0 Å². The molecule has 0 aliphatic rings. The molecule has 62 heavy (non-hydrogen) atoms. The van der Waals surface area contributed by atoms with E-state index in [1.807, 2.05) is 36.9 Å². The van der Waals surface area contributed by atoms with Crippen molar-refractivity contribution in [1.82, 2.24) is 9.97 Å². The summed E-state index contributed by atoms with van der Waals surface area (Å²) in [5.74, 6) is 0. The molecule has 10 aromatic rings. The average Bonchev–Trinajstić information content (AvgIpc) is 3.29. The minimum Gasteiger partial charge on any atom is -0.747 e. The zero-order chi connectivity index (χ0) is 41.8. The number of H-pyrrole nitrogens is 2. The predicted molar refractivity (Wildman–Crippen MR) is 244 cm³/mol. The maximum absolute atomic E-state index is 8.44. The Bertz CT molecular complexity index is 2670. The van der Waals surface area contributed by atoms with Gasteiger partial charge in [0.1, 0.15) is 22.7 Å². The second kappa shape index (κ2) is 23.5. The standard InChI is InChI=1S/2C24H16N2.2Na.2HO3S/c2*1-3-7-17(8-4-1)19-13-15-25-23-21(19)11-12-22-20(14-16-26-24(22)23)18-9-5-2-6-10-18;;;2*1-4(2)3/h2*1-16H;;;2*(H,1,2). The summed E-state index contributed by atoms with van der Waals surface area (Å²) in [6, 6.07) is 59.1. The largest absolute Gasteiger partial charge is 0.747 e. The van der Waals surface area contributed by atoms with Gasteiger partial charge in [-0.2, -0.15) is 0 Å². The number of nitrogens with one attached hydrogen (secondary N) is 2. The topological polar surface area (TPSA) is 174 Å². The zero-order valence-electron chi connectivity index (χ0n) is 33.6. The first kappa shape index (κ1) is 48.1. The molecular formula is C48H34N4Na2O6S2. The summed E-state index contributed by atoms with van der Waals surface area (Å²) in [4.78, 5) is 16.2. The van der Waals surface area contributed by atoms with Crippen LogP contribution in [-0.2, 0) is 31.8 Å². The van der Waals surface area contributed by atoms with E-state index in [0.29, 0.717) is 0 Å². The van der Waals surface area contributed by atoms with Crippen LogP contribution in [0.1, 0.15) is 0 Å². The summed E-state index contributed by atoms with van der Waals surface area (Å²) < 4.78 is 50.7. The maximum atomic E-state index is 8.44. The Kier molecular flexibility index (Phi) is 18.3. The van der Waals surface area contributed by atoms with Crippen molar-refractivity contribution in [2.75, 3.05) is 0 Å². The number of aromatic nitrogens is 4. The van der Waals surface area contributed by atoms with Crippen LogP contribution >= 0.6 is 0 Å². The van der Waals surface area contributed by atoms with E-state index in [-0.39, 0.29) is 59.1 Å². The number of rotatable bonds is 4. The zero-order valence-corrected chi connectivity index (χ0v) is 39.3. The normalized spacial score (nSPS) is 11.3. The average molecular weight is 873 g/mol. The first-order chi connectivity index (χ1) is 29.3. The molecule has 4 radical (unpaired) electrons. The van der Waals surface area contributed by atoms with Crippen molar-refractivity contribution in [3.05, 3.63) is 195 Å². The molecular weight excluding hydrogens is 839 g/mol. The van der Waals surface area contributed by atoms with E-state index in [1.165, 1.54) is 55.3 Å². The molecule has 14 heteroatoms. The van der Waals surface area contributed by atoms with Crippen LogP contribution in [0, 0.1) is 0 Å². The summed E-state index contributed by atoms with van der Waals surface area (Å²) in [6.07, 6.45) is 7.79. The second-order valence-electron chi connectivity index (χ2n) is 13.1. The molecule has 0 aliphatic carbocycles. The number of pyridine rings is 4. The van der Waals surface area contributed by atoms with Gasteiger partial charge in [0.15, 0.2) is 12.4 Å². The Morgan fingerprint density at radius 3 is 0.919 bits per heavy atom. The van der Waals surface area contributed by atoms with Gasteiger partial charge in [0.05, 0.1) is 21.8 Å². The van der Waals surface area contributed by atoms with Gasteiger partial charge >= 0.3 is 0 Å². The molecule has 6 aromatic carbocycles. The van der Waals surface area contributed by atoms with Gasteiger partial charge < -0.3 is 9.11 Å². The Morgan fingerprint density at radius 2 is 0.629 bits per heavy atom. The molecule has 10 rings (SSSR count). The monoisotopic (exact) mass is 872 g/mol. The summed E-state index contributed by atoms with van der Waals surface area (Å²) in [6.45, 7) is 0. The fourth-order valence-corrected chi connectivity index (χ4v) is 7.25. The SMILES string of the molecule is [Na].[Na].[O]S(=O)[O-].[O]S(=O)[O-].c1ccc(-c2cc[nH+]c3c2ccc2c(-c4ccccc4)cc[nH+]c23)cc1.c1ccc(-c2ccnc3c2ccc2c(-c4ccccc4)ccnc23)cc1. The summed E-state index contributed by atoms with van der Waals surface area (Å²) in [7, 11) is 0. The van der Waals surface area contributed by atoms with Gasteiger partial charge in [0.2, 0.25) is 0 Å². The van der Waals surface area contributed by atoms with Crippen LogP contribution in [0.2, 0.25) is 0 Å². The number of aromatic amines is 2. The number of benzene rings is 6. The molecule has 0 amide bonds. The second-order valence-corrected chi connectivity index (χ2v) is 14.0. The summed E-state index contributed by atoms with van der Waals surface area (Å²) >= 11 is -6.22. The molecule has 4 aromatic heterocycles. The molecule has 0 bridgehead atoms. The quantitative estimate of drug-likeness (QED) is 0.0971. The molecule has 0 spiro atoms. The molecule has 0 atom stereocenters. The van der Waals surface area contributed by atoms with Gasteiger partial charge in [-0.1, -0.05) is 133 Å². The summed E-state index contributed by atoms with van der Waals surface area (Å²) in [5.41, 5.74) is 13.8. The van der Waals surface area contributed by atoms with Crippen molar-refractivity contribution in [3.63, 3.8) is 0 Å². The van der Waals surface area contributed by atoms with Crippen LogP contribution in [0.25, 0.3) is 88.1 Å². The van der Waals surface area contributed by atoms with E-state index < -0.39 is 22.7 Å². The van der Waals surface area contributed by atoms with Crippen LogP contribution < -0.4 is 9.97 Å². The van der Waals surface area contributed by atoms with E-state index in [9.17, 15) is 0 Å². The molecule has 10 nitrogen and oxygen atoms in total. The third-order valence-corrected chi connectivity index (χ3v) is 9.70. The van der Waals surface area contributed by atoms with Crippen molar-refractivity contribution in [2.24, 2.45) is 0 Å². The van der Waals surface area contributed by atoms with Gasteiger partial charge in [-0.05, 0) is 57.6 Å². The van der Waals surface area contributed by atoms with E-state index in [2.05, 4.69) is 178 Å². The fraction of sp³-hybridized carbons (Fsp3) is 0. The minimum absolute atomic E-state index is 0. The molecule has 2 N–H and O–H groups in total. The third kappa shape index (κ3) is 11.8. The number of hydrogen-bond donors (Lipinski definition) is 0. The maximum Gasteiger partial charge on any atom is 0.284 e. The van der Waals surface area contributed by atoms with Gasteiger partial charge in [0, 0.05) is 106 Å². The predicted octanol–water partition coefficient (Wildman–Crippen LogP) is 8.73. The van der Waals surface area contributed by atoms with Crippen LogP contribution in [0.4, 0.5) is 0 Å². The van der Waals surface area contributed by atoms with Gasteiger partial charge in [0.25, 0.3) is 11.0 Å². The molecule has 4 heterocycles. The Morgan fingerprint density at radius 1 is 0.371 bits per heavy atom. The Balaban J connectivity index is 0.000000195. The Labute approximate surface area is 407 Å². The minimum atomic E-state index is -3.11. The van der Waals surface area contributed by atoms with E-state index in [4.69, 9.17) is 26.6 Å². The number of fused-ring (bicyclic) bond motifs is 6. The van der Waals surface area contributed by atoms with Crippen LogP contribution in [0.5, 0.6) is 0 Å². The molecule has 0 aliphatic heterocycles. The molecule has 0 saturated heterocycles. The van der Waals surface area contributed by atoms with Gasteiger partial charge in [-0.3, -0.25) is 9.97 Å². The van der Waals surface area contributed by atoms with E-state index in [1.54, 1.807) is 0 Å². The number of nitrogens with zero attached hydrogens (tertiary/aromatic N) is 2. The fourth-order valence-electron chi connectivity index (χ4n) is 7.25. The summed E-state index contributed by atoms with van der Waals surface area (Å²) in [5, 5.41) is 4.69. The van der Waals surface area contributed by atoms with Crippen LogP contribution in [0.15, 0.2) is 195 Å². The van der Waals surface area contributed by atoms with Crippen molar-refractivity contribution in [2.45, 2.75) is 0 Å². The van der Waals surface area contributed by atoms with Crippen LogP contribution in [0.3, 0.4) is 0 Å². The Hall–Kier alpha value is -4.90. The number of hydrogen-bond acceptors (Lipinski definition) is 6. The van der Waals surface area contributed by atoms with Gasteiger partial charge in [-0.25, -0.2) is 18.4 Å².